The molecule has 3 atom stereocenters. The van der Waals surface area contributed by atoms with Gasteiger partial charge in [-0.25, -0.2) is 0 Å². The van der Waals surface area contributed by atoms with Gasteiger partial charge in [-0.05, 0) is 36.5 Å². The van der Waals surface area contributed by atoms with Crippen LogP contribution in [0.5, 0.6) is 0 Å². The Morgan fingerprint density at radius 1 is 1.53 bits per heavy atom. The number of fused-ring (bicyclic) bond motifs is 1. The maximum Gasteiger partial charge on any atom is 0.161 e. The predicted octanol–water partition coefficient (Wildman–Crippen LogP) is 2.73. The van der Waals surface area contributed by atoms with Crippen LogP contribution in [0.3, 0.4) is 0 Å². The average Bonchev–Trinajstić information content (AvgIpc) is 2.29. The highest BCUT2D eigenvalue weighted by Gasteiger charge is 2.39. The van der Waals surface area contributed by atoms with E-state index in [-0.39, 0.29) is 12.4 Å². The fourth-order valence-corrected chi connectivity index (χ4v) is 3.40. The molecule has 0 unspecified atom stereocenters. The average molecular weight is 234 g/mol. The van der Waals surface area contributed by atoms with Gasteiger partial charge in [-0.1, -0.05) is 32.1 Å². The molecule has 2 aliphatic carbocycles. The van der Waals surface area contributed by atoms with Gasteiger partial charge in [0.25, 0.3) is 0 Å². The van der Waals surface area contributed by atoms with Gasteiger partial charge < -0.3 is 5.11 Å². The number of rotatable bonds is 2. The Bertz CT molecular complexity index is 365. The van der Waals surface area contributed by atoms with E-state index in [1.54, 1.807) is 0 Å². The number of hydrogen-bond acceptors (Lipinski definition) is 2. The van der Waals surface area contributed by atoms with Crippen molar-refractivity contribution < 1.29 is 9.90 Å². The van der Waals surface area contributed by atoms with E-state index in [4.69, 9.17) is 0 Å². The lowest BCUT2D eigenvalue weighted by atomic mass is 9.62. The van der Waals surface area contributed by atoms with Crippen molar-refractivity contribution in [3.63, 3.8) is 0 Å². The molecule has 0 aliphatic heterocycles. The number of aliphatic hydroxyl groups excluding tert-OH is 1. The SMILES string of the molecule is C=C1CC[C@H](C(C)C)[C@@H]2C=C(CO)C(=O)C[C@H]12. The third-order valence-corrected chi connectivity index (χ3v) is 4.47. The van der Waals surface area contributed by atoms with Gasteiger partial charge >= 0.3 is 0 Å². The van der Waals surface area contributed by atoms with Gasteiger partial charge in [0, 0.05) is 12.0 Å². The van der Waals surface area contributed by atoms with Crippen LogP contribution in [0.1, 0.15) is 33.1 Å². The first kappa shape index (κ1) is 12.6. The van der Waals surface area contributed by atoms with E-state index in [1.807, 2.05) is 6.08 Å². The second kappa shape index (κ2) is 4.77. The molecular formula is C15H22O2. The molecule has 0 aromatic carbocycles. The van der Waals surface area contributed by atoms with Crippen LogP contribution in [0.4, 0.5) is 0 Å². The van der Waals surface area contributed by atoms with Gasteiger partial charge in [-0.3, -0.25) is 4.79 Å². The smallest absolute Gasteiger partial charge is 0.161 e. The summed E-state index contributed by atoms with van der Waals surface area (Å²) in [6.45, 7) is 8.52. The molecule has 94 valence electrons. The molecule has 0 saturated heterocycles. The summed E-state index contributed by atoms with van der Waals surface area (Å²) in [5.74, 6) is 2.09. The number of aliphatic hydroxyl groups is 1. The Labute approximate surface area is 103 Å². The van der Waals surface area contributed by atoms with E-state index in [0.717, 1.165) is 6.42 Å². The maximum atomic E-state index is 11.8. The standard InChI is InChI=1S/C15H22O2/c1-9(2)12-5-4-10(3)13-7-15(17)11(8-16)6-14(12)13/h6,9,12-14,16H,3-5,7-8H2,1-2H3/t12-,13-,14+/m1/s1. The molecule has 1 fully saturated rings. The van der Waals surface area contributed by atoms with Gasteiger partial charge in [0.15, 0.2) is 5.78 Å². The summed E-state index contributed by atoms with van der Waals surface area (Å²) in [6.07, 6.45) is 4.81. The van der Waals surface area contributed by atoms with Gasteiger partial charge in [0.05, 0.1) is 6.61 Å². The number of allylic oxidation sites excluding steroid dienone is 2. The van der Waals surface area contributed by atoms with E-state index in [9.17, 15) is 9.90 Å². The van der Waals surface area contributed by atoms with Crippen molar-refractivity contribution in [2.45, 2.75) is 33.1 Å². The number of carbonyl (C=O) groups excluding carboxylic acids is 1. The normalized spacial score (nSPS) is 33.6. The van der Waals surface area contributed by atoms with Crippen molar-refractivity contribution in [1.82, 2.24) is 0 Å². The van der Waals surface area contributed by atoms with Gasteiger partial charge in [0.1, 0.15) is 0 Å². The predicted molar refractivity (Wildman–Crippen MR) is 68.5 cm³/mol. The summed E-state index contributed by atoms with van der Waals surface area (Å²) < 4.78 is 0. The zero-order valence-electron chi connectivity index (χ0n) is 10.8. The minimum absolute atomic E-state index is 0.110. The molecule has 0 amide bonds. The van der Waals surface area contributed by atoms with E-state index < -0.39 is 0 Å². The molecule has 2 heteroatoms. The molecule has 1 N–H and O–H groups in total. The maximum absolute atomic E-state index is 11.8. The molecule has 0 spiro atoms. The van der Waals surface area contributed by atoms with Gasteiger partial charge in [-0.15, -0.1) is 0 Å². The minimum atomic E-state index is -0.112. The fourth-order valence-electron chi connectivity index (χ4n) is 3.40. The van der Waals surface area contributed by atoms with E-state index in [0.29, 0.717) is 35.7 Å². The fraction of sp³-hybridized carbons (Fsp3) is 0.667. The van der Waals surface area contributed by atoms with Crippen molar-refractivity contribution >= 4 is 5.78 Å². The first-order valence-corrected chi connectivity index (χ1v) is 6.57. The number of Topliss-reactive ketones (excluding diaryl/α,β-unsaturated/α-hetero) is 1. The second-order valence-electron chi connectivity index (χ2n) is 5.77. The lowest BCUT2D eigenvalue weighted by Crippen LogP contribution is -2.36. The topological polar surface area (TPSA) is 37.3 Å². The second-order valence-corrected chi connectivity index (χ2v) is 5.77. The Morgan fingerprint density at radius 3 is 2.82 bits per heavy atom. The zero-order chi connectivity index (χ0) is 12.6. The number of carbonyl (C=O) groups is 1. The van der Waals surface area contributed by atoms with E-state index in [2.05, 4.69) is 20.4 Å². The van der Waals surface area contributed by atoms with Crippen molar-refractivity contribution in [3.8, 4) is 0 Å². The summed E-state index contributed by atoms with van der Waals surface area (Å²) >= 11 is 0. The summed E-state index contributed by atoms with van der Waals surface area (Å²) in [7, 11) is 0. The highest BCUT2D eigenvalue weighted by molar-refractivity contribution is 5.96. The minimum Gasteiger partial charge on any atom is -0.392 e. The molecule has 2 aliphatic rings. The third-order valence-electron chi connectivity index (χ3n) is 4.47. The first-order valence-electron chi connectivity index (χ1n) is 6.57. The highest BCUT2D eigenvalue weighted by atomic mass is 16.3. The Kier molecular flexibility index (Phi) is 3.53. The highest BCUT2D eigenvalue weighted by Crippen LogP contribution is 2.46. The molecule has 1 saturated carbocycles. The van der Waals surface area contributed by atoms with Crippen LogP contribution in [0.2, 0.25) is 0 Å². The molecule has 0 heterocycles. The largest absolute Gasteiger partial charge is 0.392 e. The van der Waals surface area contributed by atoms with Crippen LogP contribution >= 0.6 is 0 Å². The van der Waals surface area contributed by atoms with Crippen LogP contribution in [-0.4, -0.2) is 17.5 Å². The molecule has 0 aromatic heterocycles. The van der Waals surface area contributed by atoms with Crippen LogP contribution in [0, 0.1) is 23.7 Å². The molecular weight excluding hydrogens is 212 g/mol. The number of ketones is 1. The summed E-state index contributed by atoms with van der Waals surface area (Å²) in [5.41, 5.74) is 1.85. The van der Waals surface area contributed by atoms with Crippen LogP contribution < -0.4 is 0 Å². The molecule has 0 aromatic rings. The van der Waals surface area contributed by atoms with Crippen molar-refractivity contribution in [3.05, 3.63) is 23.8 Å². The summed E-state index contributed by atoms with van der Waals surface area (Å²) in [5, 5.41) is 9.23. The summed E-state index contributed by atoms with van der Waals surface area (Å²) in [4.78, 5) is 11.8. The lowest BCUT2D eigenvalue weighted by Gasteiger charge is -2.42. The Morgan fingerprint density at radius 2 is 2.24 bits per heavy atom. The third kappa shape index (κ3) is 2.23. The van der Waals surface area contributed by atoms with Gasteiger partial charge in [-0.2, -0.15) is 0 Å². The van der Waals surface area contributed by atoms with Crippen molar-refractivity contribution in [2.24, 2.45) is 23.7 Å². The zero-order valence-corrected chi connectivity index (χ0v) is 10.8. The molecule has 0 bridgehead atoms. The monoisotopic (exact) mass is 234 g/mol. The Balaban J connectivity index is 2.32. The van der Waals surface area contributed by atoms with Crippen molar-refractivity contribution in [2.75, 3.05) is 6.61 Å². The molecule has 17 heavy (non-hydrogen) atoms. The van der Waals surface area contributed by atoms with Crippen molar-refractivity contribution in [1.29, 1.82) is 0 Å². The quantitative estimate of drug-likeness (QED) is 0.746. The van der Waals surface area contributed by atoms with Crippen LogP contribution in [-0.2, 0) is 4.79 Å². The molecule has 2 nitrogen and oxygen atoms in total. The van der Waals surface area contributed by atoms with E-state index >= 15 is 0 Å². The Hall–Kier alpha value is -0.890. The molecule has 0 radical (unpaired) electrons. The van der Waals surface area contributed by atoms with Crippen LogP contribution in [0.15, 0.2) is 23.8 Å². The molecule has 2 rings (SSSR count). The first-order chi connectivity index (χ1) is 8.04. The van der Waals surface area contributed by atoms with Crippen LogP contribution in [0.25, 0.3) is 0 Å². The van der Waals surface area contributed by atoms with E-state index in [1.165, 1.54) is 12.0 Å². The lowest BCUT2D eigenvalue weighted by molar-refractivity contribution is -0.118. The summed E-state index contributed by atoms with van der Waals surface area (Å²) in [6, 6.07) is 0. The number of hydrogen-bond donors (Lipinski definition) is 1. The van der Waals surface area contributed by atoms with Gasteiger partial charge in [0.2, 0.25) is 0 Å².